The topological polar surface area (TPSA) is 152 Å². The standard InChI is InChI=1S/C23H34N4O2.C22H28FN5O/c1-29-16-10-23(28)25-21-7-5-19(6-8-21)9-11-26-12-14-27(15-13-26)22-4-2-3-20(17-22)18-24;23-21-6-5-20(15-18(21)16-25)28-13-11-27(12-14-28)10-8-17-1-3-19(4-2-17)26-22(29)7-9-24/h2-4,17,19,21H,5-16H2,1H3,(H,25,28);5-6,15,17,19H,1-4,7-8,10-14H2,(H,26,29). The SMILES string of the molecule is COCCC(=O)NC1CCC(CCN2CCN(c3cccc(C#N)c3)CC2)CC1.N#CCC(=O)NC1CCC(CCN2CCN(c3ccc(F)c(C#N)c3)CC2)CC1. The number of halogens is 1. The molecule has 312 valence electrons. The van der Waals surface area contributed by atoms with E-state index in [-0.39, 0.29) is 29.8 Å². The number of carbonyl (C=O) groups excluding carboxylic acids is 2. The van der Waals surface area contributed by atoms with Crippen molar-refractivity contribution in [3.05, 3.63) is 59.4 Å². The average Bonchev–Trinajstić information content (AvgIpc) is 3.26. The number of nitrogens with one attached hydrogen (secondary N) is 2. The van der Waals surface area contributed by atoms with Crippen molar-refractivity contribution in [1.29, 1.82) is 15.8 Å². The second kappa shape index (κ2) is 23.6. The molecule has 2 N–H and O–H groups in total. The van der Waals surface area contributed by atoms with E-state index < -0.39 is 5.82 Å². The van der Waals surface area contributed by atoms with Crippen LogP contribution in [0.4, 0.5) is 15.8 Å². The fourth-order valence-electron chi connectivity index (χ4n) is 8.79. The molecule has 0 radical (unpaired) electrons. The molecule has 2 amide bonds. The van der Waals surface area contributed by atoms with Crippen LogP contribution in [-0.4, -0.2) is 113 Å². The minimum atomic E-state index is -0.464. The van der Waals surface area contributed by atoms with Crippen molar-refractivity contribution in [2.75, 3.05) is 89.0 Å². The zero-order valence-corrected chi connectivity index (χ0v) is 34.3. The fourth-order valence-corrected chi connectivity index (χ4v) is 8.79. The number of methoxy groups -OCH3 is 1. The fraction of sp³-hybridized carbons (Fsp3) is 0.622. The van der Waals surface area contributed by atoms with E-state index >= 15 is 0 Å². The highest BCUT2D eigenvalue weighted by Crippen LogP contribution is 2.29. The average molecular weight is 796 g/mol. The maximum Gasteiger partial charge on any atom is 0.234 e. The Bertz CT molecular complexity index is 1720. The summed E-state index contributed by atoms with van der Waals surface area (Å²) in [7, 11) is 1.63. The summed E-state index contributed by atoms with van der Waals surface area (Å²) in [6, 6.07) is 19.3. The molecular formula is C45H62FN9O3. The Morgan fingerprint density at radius 3 is 1.74 bits per heavy atom. The number of nitriles is 3. The molecule has 4 aliphatic rings. The highest BCUT2D eigenvalue weighted by molar-refractivity contribution is 5.78. The third kappa shape index (κ3) is 14.3. The Labute approximate surface area is 344 Å². The summed E-state index contributed by atoms with van der Waals surface area (Å²) in [5.41, 5.74) is 2.91. The van der Waals surface area contributed by atoms with Crippen LogP contribution in [0.25, 0.3) is 0 Å². The Hall–Kier alpha value is -4.74. The number of piperazine rings is 2. The Balaban J connectivity index is 0.000000221. The van der Waals surface area contributed by atoms with Crippen LogP contribution >= 0.6 is 0 Å². The summed E-state index contributed by atoms with van der Waals surface area (Å²) in [5, 5.41) is 32.8. The lowest BCUT2D eigenvalue weighted by molar-refractivity contribution is -0.123. The van der Waals surface area contributed by atoms with Gasteiger partial charge in [0.1, 0.15) is 18.3 Å². The minimum absolute atomic E-state index is 0.0539. The summed E-state index contributed by atoms with van der Waals surface area (Å²) in [5.74, 6) is 0.986. The van der Waals surface area contributed by atoms with Gasteiger partial charge in [-0.25, -0.2) is 4.39 Å². The minimum Gasteiger partial charge on any atom is -0.384 e. The van der Waals surface area contributed by atoms with Crippen molar-refractivity contribution in [3.8, 4) is 18.2 Å². The first kappa shape index (κ1) is 44.4. The summed E-state index contributed by atoms with van der Waals surface area (Å²) in [4.78, 5) is 33.0. The Kier molecular flexibility index (Phi) is 18.1. The van der Waals surface area contributed by atoms with Crippen LogP contribution in [0.5, 0.6) is 0 Å². The van der Waals surface area contributed by atoms with Gasteiger partial charge in [0.25, 0.3) is 0 Å². The molecule has 13 heteroatoms. The molecule has 0 spiro atoms. The number of benzene rings is 2. The Morgan fingerprint density at radius 2 is 1.24 bits per heavy atom. The summed E-state index contributed by atoms with van der Waals surface area (Å²) >= 11 is 0. The van der Waals surface area contributed by atoms with E-state index in [9.17, 15) is 14.0 Å². The van der Waals surface area contributed by atoms with Crippen LogP contribution in [0.3, 0.4) is 0 Å². The lowest BCUT2D eigenvalue weighted by Gasteiger charge is -2.37. The lowest BCUT2D eigenvalue weighted by Crippen LogP contribution is -2.47. The van der Waals surface area contributed by atoms with Gasteiger partial charge in [-0.2, -0.15) is 15.8 Å². The van der Waals surface area contributed by atoms with Gasteiger partial charge in [-0.3, -0.25) is 19.4 Å². The zero-order chi connectivity index (χ0) is 41.1. The van der Waals surface area contributed by atoms with E-state index in [1.807, 2.05) is 30.3 Å². The molecule has 2 aliphatic carbocycles. The molecule has 0 bridgehead atoms. The summed E-state index contributed by atoms with van der Waals surface area (Å²) < 4.78 is 18.5. The summed E-state index contributed by atoms with van der Waals surface area (Å²) in [6.45, 7) is 10.7. The lowest BCUT2D eigenvalue weighted by atomic mass is 9.84. The van der Waals surface area contributed by atoms with E-state index in [0.717, 1.165) is 120 Å². The van der Waals surface area contributed by atoms with Crippen molar-refractivity contribution < 1.29 is 18.7 Å². The van der Waals surface area contributed by atoms with Crippen LogP contribution in [0.1, 0.15) is 88.2 Å². The molecular weight excluding hydrogens is 734 g/mol. The quantitative estimate of drug-likeness (QED) is 0.248. The predicted molar refractivity (Wildman–Crippen MR) is 223 cm³/mol. The van der Waals surface area contributed by atoms with Gasteiger partial charge in [0.2, 0.25) is 11.8 Å². The molecule has 2 aliphatic heterocycles. The van der Waals surface area contributed by atoms with Crippen molar-refractivity contribution in [2.24, 2.45) is 11.8 Å². The van der Waals surface area contributed by atoms with Gasteiger partial charge in [0.05, 0.1) is 29.9 Å². The molecule has 2 aromatic rings. The largest absolute Gasteiger partial charge is 0.384 e. The van der Waals surface area contributed by atoms with Gasteiger partial charge in [0.15, 0.2) is 0 Å². The molecule has 6 rings (SSSR count). The smallest absolute Gasteiger partial charge is 0.234 e. The van der Waals surface area contributed by atoms with Gasteiger partial charge in [-0.05, 0) is 126 Å². The van der Waals surface area contributed by atoms with Gasteiger partial charge in [0, 0.05) is 89.3 Å². The maximum absolute atomic E-state index is 13.5. The second-order valence-electron chi connectivity index (χ2n) is 16.3. The molecule has 2 heterocycles. The number of ether oxygens (including phenoxy) is 1. The number of nitrogens with zero attached hydrogens (tertiary/aromatic N) is 7. The number of carbonyl (C=O) groups is 2. The van der Waals surface area contributed by atoms with Crippen molar-refractivity contribution in [2.45, 2.75) is 89.1 Å². The van der Waals surface area contributed by atoms with Gasteiger partial charge < -0.3 is 25.2 Å². The highest BCUT2D eigenvalue weighted by Gasteiger charge is 2.26. The van der Waals surface area contributed by atoms with Gasteiger partial charge in [-0.15, -0.1) is 0 Å². The second-order valence-corrected chi connectivity index (χ2v) is 16.3. The van der Waals surface area contributed by atoms with Crippen molar-refractivity contribution in [3.63, 3.8) is 0 Å². The molecule has 12 nitrogen and oxygen atoms in total. The number of amides is 2. The van der Waals surface area contributed by atoms with Crippen LogP contribution in [-0.2, 0) is 14.3 Å². The molecule has 0 atom stereocenters. The van der Waals surface area contributed by atoms with Crippen LogP contribution in [0, 0.1) is 51.6 Å². The van der Waals surface area contributed by atoms with Gasteiger partial charge in [-0.1, -0.05) is 6.07 Å². The number of anilines is 2. The number of rotatable bonds is 14. The van der Waals surface area contributed by atoms with Crippen LogP contribution in [0.15, 0.2) is 42.5 Å². The normalized spacial score (nSPS) is 22.7. The van der Waals surface area contributed by atoms with Crippen LogP contribution in [0.2, 0.25) is 0 Å². The first-order valence-corrected chi connectivity index (χ1v) is 21.4. The third-order valence-electron chi connectivity index (χ3n) is 12.4. The first-order valence-electron chi connectivity index (χ1n) is 21.4. The molecule has 0 aromatic heterocycles. The maximum atomic E-state index is 13.5. The van der Waals surface area contributed by atoms with E-state index in [0.29, 0.717) is 25.0 Å². The summed E-state index contributed by atoms with van der Waals surface area (Å²) in [6.07, 6.45) is 11.7. The van der Waals surface area contributed by atoms with E-state index in [1.54, 1.807) is 19.2 Å². The predicted octanol–water partition coefficient (Wildman–Crippen LogP) is 5.58. The van der Waals surface area contributed by atoms with E-state index in [2.05, 4.69) is 42.4 Å². The molecule has 2 aromatic carbocycles. The Morgan fingerprint density at radius 1 is 0.707 bits per heavy atom. The zero-order valence-electron chi connectivity index (χ0n) is 34.3. The van der Waals surface area contributed by atoms with Crippen molar-refractivity contribution >= 4 is 23.2 Å². The highest BCUT2D eigenvalue weighted by atomic mass is 19.1. The van der Waals surface area contributed by atoms with Crippen molar-refractivity contribution in [1.82, 2.24) is 20.4 Å². The molecule has 4 fully saturated rings. The van der Waals surface area contributed by atoms with E-state index in [4.69, 9.17) is 20.5 Å². The number of hydrogen-bond donors (Lipinski definition) is 2. The third-order valence-corrected chi connectivity index (χ3v) is 12.4. The van der Waals surface area contributed by atoms with Gasteiger partial charge >= 0.3 is 0 Å². The molecule has 58 heavy (non-hydrogen) atoms. The molecule has 2 saturated heterocycles. The van der Waals surface area contributed by atoms with E-state index in [1.165, 1.54) is 38.3 Å². The first-order chi connectivity index (χ1) is 28.3. The number of hydrogen-bond acceptors (Lipinski definition) is 10. The monoisotopic (exact) mass is 795 g/mol. The van der Waals surface area contributed by atoms with Crippen LogP contribution < -0.4 is 20.4 Å². The molecule has 0 unspecified atom stereocenters. The molecule has 2 saturated carbocycles.